The average molecular weight is 588 g/mol. The van der Waals surface area contributed by atoms with E-state index in [-0.39, 0.29) is 41.3 Å². The molecule has 4 aliphatic rings. The van der Waals surface area contributed by atoms with Crippen LogP contribution in [0.15, 0.2) is 0 Å². The number of Topliss-reactive ketones (excluding diaryl/α,β-unsaturated/α-hetero) is 2. The summed E-state index contributed by atoms with van der Waals surface area (Å²) < 4.78 is 0. The number of nitrogens with zero attached hydrogens (tertiary/aromatic N) is 1. The zero-order valence-corrected chi connectivity index (χ0v) is 25.5. The molecule has 234 valence electrons. The lowest BCUT2D eigenvalue weighted by atomic mass is 9.87. The summed E-state index contributed by atoms with van der Waals surface area (Å²) in [5, 5.41) is 8.54. The number of amides is 5. The van der Waals surface area contributed by atoms with E-state index in [2.05, 4.69) is 16.0 Å². The first-order valence-corrected chi connectivity index (χ1v) is 16.0. The second-order valence-electron chi connectivity index (χ2n) is 13.6. The zero-order chi connectivity index (χ0) is 30.7. The predicted molar refractivity (Wildman–Crippen MR) is 156 cm³/mol. The molecule has 4 fully saturated rings. The highest BCUT2D eigenvalue weighted by Crippen LogP contribution is 2.46. The van der Waals surface area contributed by atoms with Crippen molar-refractivity contribution in [2.45, 2.75) is 116 Å². The second kappa shape index (κ2) is 13.5. The molecule has 0 aromatic heterocycles. The Morgan fingerprint density at radius 1 is 0.929 bits per heavy atom. The molecule has 11 nitrogen and oxygen atoms in total. The molecule has 4 rings (SSSR count). The largest absolute Gasteiger partial charge is 0.363 e. The van der Waals surface area contributed by atoms with Crippen LogP contribution in [0.2, 0.25) is 0 Å². The van der Waals surface area contributed by atoms with Gasteiger partial charge in [0.1, 0.15) is 12.1 Å². The van der Waals surface area contributed by atoms with Crippen LogP contribution in [0.1, 0.15) is 91.9 Å². The summed E-state index contributed by atoms with van der Waals surface area (Å²) in [4.78, 5) is 80.1. The highest BCUT2D eigenvalue weighted by Gasteiger charge is 2.52. The van der Waals surface area contributed by atoms with E-state index in [4.69, 9.17) is 5.73 Å². The van der Waals surface area contributed by atoms with Gasteiger partial charge in [-0.1, -0.05) is 59.8 Å². The molecule has 2 saturated heterocycles. The molecule has 5 N–H and O–H groups in total. The highest BCUT2D eigenvalue weighted by molar-refractivity contribution is 6.37. The standard InChI is InChI=1S/C31H49N5O6/c1-16(2)20-13-14-36-25(20)29(40)33-22(27(38)28(32)39)10-8-6-5-7-9-19-15-21(19)24(30(36)41)35-31(42)34-23(17(3)4)26(37)18-11-12-18/h16-25H,5-15H2,1-4H3,(H2,32,39)(H,33,40)(H2,34,35,42)/t19?,20-,21?,22+,23+,24+,25+/m1/s1. The number of rotatable bonds is 8. The first-order valence-electron chi connectivity index (χ1n) is 16.0. The van der Waals surface area contributed by atoms with Gasteiger partial charge in [0, 0.05) is 12.5 Å². The van der Waals surface area contributed by atoms with Crippen LogP contribution in [-0.2, 0) is 24.0 Å². The molecule has 7 atom stereocenters. The van der Waals surface area contributed by atoms with Crippen molar-refractivity contribution in [1.82, 2.24) is 20.9 Å². The lowest BCUT2D eigenvalue weighted by molar-refractivity contribution is -0.143. The molecule has 0 spiro atoms. The minimum absolute atomic E-state index is 0.00677. The lowest BCUT2D eigenvalue weighted by Crippen LogP contribution is -2.60. The topological polar surface area (TPSA) is 168 Å². The van der Waals surface area contributed by atoms with Crippen molar-refractivity contribution in [3.63, 3.8) is 0 Å². The van der Waals surface area contributed by atoms with Crippen LogP contribution >= 0.6 is 0 Å². The maximum atomic E-state index is 14.2. The van der Waals surface area contributed by atoms with Crippen LogP contribution in [-0.4, -0.2) is 70.9 Å². The minimum Gasteiger partial charge on any atom is -0.363 e. The molecule has 5 amide bonds. The Morgan fingerprint density at radius 3 is 2.19 bits per heavy atom. The van der Waals surface area contributed by atoms with Crippen LogP contribution in [0.4, 0.5) is 4.79 Å². The lowest BCUT2D eigenvalue weighted by Gasteiger charge is -2.33. The average Bonchev–Trinajstić information content (AvgIpc) is 3.86. The maximum Gasteiger partial charge on any atom is 0.316 e. The molecule has 0 radical (unpaired) electrons. The second-order valence-corrected chi connectivity index (χ2v) is 13.6. The highest BCUT2D eigenvalue weighted by atomic mass is 16.2. The van der Waals surface area contributed by atoms with E-state index in [0.717, 1.165) is 44.9 Å². The van der Waals surface area contributed by atoms with Crippen LogP contribution in [0.3, 0.4) is 0 Å². The Bertz CT molecular complexity index is 1070. The van der Waals surface area contributed by atoms with Gasteiger partial charge >= 0.3 is 6.03 Å². The number of urea groups is 1. The molecule has 2 aliphatic carbocycles. The Kier molecular flexibility index (Phi) is 10.3. The SMILES string of the molecule is CC(C)[C@H](NC(=O)N[C@@H]1C(=O)N2CC[C@H](C(C)C)[C@H]2C(=O)N[C@H](C(=O)C(N)=O)CCCCCCC2CC21)C(=O)C1CC1. The van der Waals surface area contributed by atoms with E-state index in [1.54, 1.807) is 4.90 Å². The minimum atomic E-state index is -1.09. The molecular formula is C31H49N5O6. The van der Waals surface area contributed by atoms with Crippen molar-refractivity contribution in [3.05, 3.63) is 0 Å². The third-order valence-corrected chi connectivity index (χ3v) is 9.74. The molecular weight excluding hydrogens is 538 g/mol. The Hall–Kier alpha value is -2.98. The first kappa shape index (κ1) is 31.9. The van der Waals surface area contributed by atoms with Crippen molar-refractivity contribution in [2.24, 2.45) is 41.2 Å². The third-order valence-electron chi connectivity index (χ3n) is 9.74. The van der Waals surface area contributed by atoms with Gasteiger partial charge in [-0.15, -0.1) is 0 Å². The normalized spacial score (nSPS) is 31.2. The summed E-state index contributed by atoms with van der Waals surface area (Å²) in [6.45, 7) is 8.13. The van der Waals surface area contributed by atoms with Crippen LogP contribution < -0.4 is 21.7 Å². The third kappa shape index (κ3) is 7.50. The van der Waals surface area contributed by atoms with E-state index < -0.39 is 47.8 Å². The summed E-state index contributed by atoms with van der Waals surface area (Å²) in [6.07, 6.45) is 7.72. The smallest absolute Gasteiger partial charge is 0.316 e. The number of carbonyl (C=O) groups is 6. The molecule has 2 unspecified atom stereocenters. The number of hydrogen-bond acceptors (Lipinski definition) is 6. The van der Waals surface area contributed by atoms with Gasteiger partial charge in [-0.2, -0.15) is 0 Å². The number of carbonyl (C=O) groups excluding carboxylic acids is 6. The summed E-state index contributed by atoms with van der Waals surface area (Å²) in [5.74, 6) is -2.60. The van der Waals surface area contributed by atoms with Crippen LogP contribution in [0.5, 0.6) is 0 Å². The number of nitrogens with one attached hydrogen (secondary N) is 3. The molecule has 2 saturated carbocycles. The fraction of sp³-hybridized carbons (Fsp3) is 0.806. The van der Waals surface area contributed by atoms with Crippen molar-refractivity contribution >= 4 is 35.3 Å². The summed E-state index contributed by atoms with van der Waals surface area (Å²) in [5.41, 5.74) is 5.30. The fourth-order valence-corrected chi connectivity index (χ4v) is 6.96. The molecule has 2 heterocycles. The van der Waals surface area contributed by atoms with Crippen molar-refractivity contribution in [2.75, 3.05) is 6.54 Å². The van der Waals surface area contributed by atoms with Crippen LogP contribution in [0.25, 0.3) is 0 Å². The van der Waals surface area contributed by atoms with Crippen molar-refractivity contribution < 1.29 is 28.8 Å². The molecule has 0 bridgehead atoms. The van der Waals surface area contributed by atoms with Gasteiger partial charge in [0.25, 0.3) is 5.91 Å². The first-order chi connectivity index (χ1) is 19.9. The maximum absolute atomic E-state index is 14.2. The molecule has 42 heavy (non-hydrogen) atoms. The van der Waals surface area contributed by atoms with Gasteiger partial charge in [0.15, 0.2) is 5.78 Å². The Labute approximate surface area is 248 Å². The monoisotopic (exact) mass is 587 g/mol. The molecule has 0 aromatic rings. The van der Waals surface area contributed by atoms with Gasteiger partial charge in [0.2, 0.25) is 17.6 Å². The number of hydrogen-bond donors (Lipinski definition) is 4. The van der Waals surface area contributed by atoms with Gasteiger partial charge in [-0.25, -0.2) is 4.79 Å². The van der Waals surface area contributed by atoms with E-state index in [1.165, 1.54) is 0 Å². The number of primary amides is 1. The fourth-order valence-electron chi connectivity index (χ4n) is 6.96. The Morgan fingerprint density at radius 2 is 1.60 bits per heavy atom. The number of nitrogens with two attached hydrogens (primary N) is 1. The summed E-state index contributed by atoms with van der Waals surface area (Å²) in [6, 6.07) is -3.86. The number of fused-ring (bicyclic) bond motifs is 2. The van der Waals surface area contributed by atoms with E-state index in [1.807, 2.05) is 27.7 Å². The number of ketones is 2. The van der Waals surface area contributed by atoms with Crippen molar-refractivity contribution in [3.8, 4) is 0 Å². The van der Waals surface area contributed by atoms with Gasteiger partial charge < -0.3 is 26.6 Å². The molecule has 2 aliphatic heterocycles. The van der Waals surface area contributed by atoms with Crippen molar-refractivity contribution in [1.29, 1.82) is 0 Å². The van der Waals surface area contributed by atoms with E-state index in [9.17, 15) is 28.8 Å². The van der Waals surface area contributed by atoms with Crippen LogP contribution in [0, 0.1) is 35.5 Å². The predicted octanol–water partition coefficient (Wildman–Crippen LogP) is 2.06. The zero-order valence-electron chi connectivity index (χ0n) is 25.5. The van der Waals surface area contributed by atoms with Gasteiger partial charge in [-0.3, -0.25) is 24.0 Å². The summed E-state index contributed by atoms with van der Waals surface area (Å²) in [7, 11) is 0. The quantitative estimate of drug-likeness (QED) is 0.317. The van der Waals surface area contributed by atoms with E-state index in [0.29, 0.717) is 31.7 Å². The Balaban J connectivity index is 1.59. The van der Waals surface area contributed by atoms with Gasteiger partial charge in [-0.05, 0) is 61.7 Å². The van der Waals surface area contributed by atoms with Gasteiger partial charge in [0.05, 0.1) is 12.1 Å². The molecule has 0 aromatic carbocycles. The summed E-state index contributed by atoms with van der Waals surface area (Å²) >= 11 is 0. The van der Waals surface area contributed by atoms with E-state index >= 15 is 0 Å². The molecule has 11 heteroatoms.